The first kappa shape index (κ1) is 13.5. The Hall–Kier alpha value is -0.590. The molecule has 0 atom stereocenters. The molecular formula is C9H9ClF3NOS. The Kier molecular flexibility index (Phi) is 4.76. The molecule has 0 fully saturated rings. The number of halogens is 4. The molecule has 0 aliphatic heterocycles. The maximum Gasteiger partial charge on any atom is 0.522 e. The monoisotopic (exact) mass is 271 g/mol. The number of nitrogen functional groups attached to an aromatic ring is 1. The molecule has 0 aliphatic rings. The van der Waals surface area contributed by atoms with Crippen molar-refractivity contribution < 1.29 is 17.9 Å². The van der Waals surface area contributed by atoms with Gasteiger partial charge in [-0.15, -0.1) is 24.9 Å². The summed E-state index contributed by atoms with van der Waals surface area (Å²) in [7, 11) is 0. The fourth-order valence-corrected chi connectivity index (χ4v) is 2.14. The van der Waals surface area contributed by atoms with Crippen molar-refractivity contribution in [3.63, 3.8) is 0 Å². The zero-order valence-electron chi connectivity index (χ0n) is 8.05. The smallest absolute Gasteiger partial charge is 0.398 e. The lowest BCUT2D eigenvalue weighted by atomic mass is 10.3. The minimum Gasteiger partial charge on any atom is -0.398 e. The summed E-state index contributed by atoms with van der Waals surface area (Å²) in [5.74, 6) is 0.132. The molecule has 1 rings (SSSR count). The van der Waals surface area contributed by atoms with Gasteiger partial charge in [0.05, 0.1) is 11.6 Å². The zero-order chi connectivity index (χ0) is 12.2. The molecule has 0 unspecified atom stereocenters. The van der Waals surface area contributed by atoms with Crippen LogP contribution in [0.25, 0.3) is 0 Å². The third kappa shape index (κ3) is 4.51. The average Bonchev–Trinajstić information content (AvgIpc) is 2.14. The summed E-state index contributed by atoms with van der Waals surface area (Å²) in [5.41, 5.74) is 6.07. The van der Waals surface area contributed by atoms with Gasteiger partial charge in [-0.3, -0.25) is 4.74 Å². The second kappa shape index (κ2) is 5.65. The summed E-state index contributed by atoms with van der Waals surface area (Å²) in [6.45, 7) is -0.432. The van der Waals surface area contributed by atoms with Crippen LogP contribution in [0.2, 0.25) is 5.02 Å². The van der Waals surface area contributed by atoms with Crippen LogP contribution in [0.15, 0.2) is 23.1 Å². The minimum atomic E-state index is -4.59. The van der Waals surface area contributed by atoms with Crippen LogP contribution in [0.3, 0.4) is 0 Å². The van der Waals surface area contributed by atoms with Gasteiger partial charge in [-0.2, -0.15) is 0 Å². The molecule has 0 radical (unpaired) electrons. The van der Waals surface area contributed by atoms with E-state index in [0.29, 0.717) is 15.6 Å². The Morgan fingerprint density at radius 3 is 2.62 bits per heavy atom. The van der Waals surface area contributed by atoms with Crippen LogP contribution >= 0.6 is 23.4 Å². The van der Waals surface area contributed by atoms with Crippen molar-refractivity contribution in [3.8, 4) is 0 Å². The van der Waals surface area contributed by atoms with Gasteiger partial charge in [0, 0.05) is 16.3 Å². The maximum absolute atomic E-state index is 11.7. The number of hydrogen-bond donors (Lipinski definition) is 1. The third-order valence-electron chi connectivity index (χ3n) is 1.59. The number of anilines is 1. The number of thioether (sulfide) groups is 1. The van der Waals surface area contributed by atoms with Crippen LogP contribution in [0.1, 0.15) is 0 Å². The summed E-state index contributed by atoms with van der Waals surface area (Å²) in [5, 5.41) is 0.428. The van der Waals surface area contributed by atoms with Crippen molar-refractivity contribution in [2.45, 2.75) is 11.3 Å². The molecule has 2 N–H and O–H groups in total. The normalized spacial score (nSPS) is 11.8. The van der Waals surface area contributed by atoms with Gasteiger partial charge in [0.25, 0.3) is 0 Å². The summed E-state index contributed by atoms with van der Waals surface area (Å²) >= 11 is 6.97. The van der Waals surface area contributed by atoms with Crippen molar-refractivity contribution in [1.82, 2.24) is 0 Å². The number of rotatable bonds is 4. The maximum atomic E-state index is 11.7. The van der Waals surface area contributed by atoms with E-state index in [1.807, 2.05) is 0 Å². The molecule has 0 saturated carbocycles. The van der Waals surface area contributed by atoms with Gasteiger partial charge >= 0.3 is 6.36 Å². The second-order valence-electron chi connectivity index (χ2n) is 2.80. The highest BCUT2D eigenvalue weighted by molar-refractivity contribution is 7.99. The van der Waals surface area contributed by atoms with Crippen LogP contribution in [-0.4, -0.2) is 18.7 Å². The Balaban J connectivity index is 2.43. The van der Waals surface area contributed by atoms with E-state index in [-0.39, 0.29) is 5.75 Å². The van der Waals surface area contributed by atoms with Gasteiger partial charge in [0.1, 0.15) is 0 Å². The molecule has 2 nitrogen and oxygen atoms in total. The first-order valence-corrected chi connectivity index (χ1v) is 5.64. The highest BCUT2D eigenvalue weighted by atomic mass is 35.5. The molecule has 90 valence electrons. The van der Waals surface area contributed by atoms with E-state index in [0.717, 1.165) is 11.8 Å². The van der Waals surface area contributed by atoms with Gasteiger partial charge in [-0.05, 0) is 12.1 Å². The van der Waals surface area contributed by atoms with Crippen molar-refractivity contribution in [1.29, 1.82) is 0 Å². The van der Waals surface area contributed by atoms with Crippen LogP contribution in [0.4, 0.5) is 18.9 Å². The van der Waals surface area contributed by atoms with E-state index < -0.39 is 13.0 Å². The van der Waals surface area contributed by atoms with E-state index in [4.69, 9.17) is 17.3 Å². The molecule has 1 aromatic carbocycles. The Bertz CT molecular complexity index is 339. The molecule has 0 heterocycles. The topological polar surface area (TPSA) is 35.2 Å². The number of alkyl halides is 3. The summed E-state index contributed by atoms with van der Waals surface area (Å²) in [6, 6.07) is 4.94. The minimum absolute atomic E-state index is 0.132. The zero-order valence-corrected chi connectivity index (χ0v) is 9.62. The van der Waals surface area contributed by atoms with E-state index in [9.17, 15) is 13.2 Å². The molecule has 0 spiro atoms. The van der Waals surface area contributed by atoms with E-state index in [1.165, 1.54) is 0 Å². The van der Waals surface area contributed by atoms with Gasteiger partial charge in [0.15, 0.2) is 0 Å². The number of nitrogens with two attached hydrogens (primary N) is 1. The summed E-state index contributed by atoms with van der Waals surface area (Å²) < 4.78 is 38.6. The lowest BCUT2D eigenvalue weighted by Gasteiger charge is -2.09. The molecule has 0 aliphatic carbocycles. The Labute approximate surface area is 99.9 Å². The van der Waals surface area contributed by atoms with Crippen LogP contribution in [0.5, 0.6) is 0 Å². The number of ether oxygens (including phenoxy) is 1. The van der Waals surface area contributed by atoms with Crippen LogP contribution < -0.4 is 5.73 Å². The third-order valence-corrected chi connectivity index (χ3v) is 3.14. The highest BCUT2D eigenvalue weighted by Crippen LogP contribution is 2.32. The largest absolute Gasteiger partial charge is 0.522 e. The fourth-order valence-electron chi connectivity index (χ4n) is 0.979. The highest BCUT2D eigenvalue weighted by Gasteiger charge is 2.28. The Morgan fingerprint density at radius 1 is 1.38 bits per heavy atom. The van der Waals surface area contributed by atoms with Gasteiger partial charge in [-0.25, -0.2) is 0 Å². The van der Waals surface area contributed by atoms with Crippen molar-refractivity contribution in [2.24, 2.45) is 0 Å². The standard InChI is InChI=1S/C9H9ClF3NOS/c10-6-2-1-3-7(14)8(6)16-5-4-15-9(11,12)13/h1-3H,4-5,14H2. The molecule has 0 aromatic heterocycles. The predicted molar refractivity (Wildman–Crippen MR) is 58.6 cm³/mol. The first-order chi connectivity index (χ1) is 7.40. The van der Waals surface area contributed by atoms with Gasteiger partial charge < -0.3 is 5.73 Å². The molecule has 0 bridgehead atoms. The Morgan fingerprint density at radius 2 is 2.06 bits per heavy atom. The lowest BCUT2D eigenvalue weighted by molar-refractivity contribution is -0.322. The quantitative estimate of drug-likeness (QED) is 0.517. The second-order valence-corrected chi connectivity index (χ2v) is 4.31. The summed E-state index contributed by atoms with van der Waals surface area (Å²) in [4.78, 5) is 0.579. The number of hydrogen-bond acceptors (Lipinski definition) is 3. The van der Waals surface area contributed by atoms with Crippen molar-refractivity contribution >= 4 is 29.1 Å². The van der Waals surface area contributed by atoms with Crippen molar-refractivity contribution in [2.75, 3.05) is 18.1 Å². The summed E-state index contributed by atoms with van der Waals surface area (Å²) in [6.07, 6.45) is -4.59. The fraction of sp³-hybridized carbons (Fsp3) is 0.333. The average molecular weight is 272 g/mol. The number of benzene rings is 1. The lowest BCUT2D eigenvalue weighted by Crippen LogP contribution is -2.15. The SMILES string of the molecule is Nc1cccc(Cl)c1SCCOC(F)(F)F. The molecule has 0 amide bonds. The molecule has 1 aromatic rings. The van der Waals surface area contributed by atoms with E-state index >= 15 is 0 Å². The molecule has 0 saturated heterocycles. The molecule has 7 heteroatoms. The molecule has 16 heavy (non-hydrogen) atoms. The molecular weight excluding hydrogens is 263 g/mol. The van der Waals surface area contributed by atoms with Crippen LogP contribution in [0, 0.1) is 0 Å². The van der Waals surface area contributed by atoms with Crippen LogP contribution in [-0.2, 0) is 4.74 Å². The van der Waals surface area contributed by atoms with Gasteiger partial charge in [0.2, 0.25) is 0 Å². The predicted octanol–water partition coefficient (Wildman–Crippen LogP) is 3.55. The van der Waals surface area contributed by atoms with E-state index in [1.54, 1.807) is 18.2 Å². The first-order valence-electron chi connectivity index (χ1n) is 4.27. The van der Waals surface area contributed by atoms with Gasteiger partial charge in [-0.1, -0.05) is 17.7 Å². The van der Waals surface area contributed by atoms with Crippen molar-refractivity contribution in [3.05, 3.63) is 23.2 Å². The van der Waals surface area contributed by atoms with E-state index in [2.05, 4.69) is 4.74 Å².